The van der Waals surface area contributed by atoms with Crippen molar-refractivity contribution in [3.63, 3.8) is 0 Å². The number of benzene rings is 1. The third-order valence-corrected chi connectivity index (χ3v) is 6.37. The van der Waals surface area contributed by atoms with Gasteiger partial charge in [-0.3, -0.25) is 9.80 Å². The van der Waals surface area contributed by atoms with E-state index in [0.717, 1.165) is 0 Å². The van der Waals surface area contributed by atoms with E-state index < -0.39 is 12.0 Å². The lowest BCUT2D eigenvalue weighted by Gasteiger charge is -2.42. The zero-order chi connectivity index (χ0) is 25.5. The SMILES string of the molecule is CCNC(=O)N1CCN(CC2=C(C(=O)OCC)C(c3ccccc3OC)NC(=O)N2CC)CC1C. The monoisotopic (exact) mass is 487 g/mol. The minimum atomic E-state index is -0.704. The summed E-state index contributed by atoms with van der Waals surface area (Å²) in [5, 5.41) is 5.84. The molecule has 0 saturated carbocycles. The van der Waals surface area contributed by atoms with Crippen LogP contribution in [0.25, 0.3) is 0 Å². The lowest BCUT2D eigenvalue weighted by atomic mass is 9.93. The molecule has 10 heteroatoms. The fourth-order valence-electron chi connectivity index (χ4n) is 4.74. The molecule has 0 aliphatic carbocycles. The number of ether oxygens (including phenoxy) is 2. The maximum Gasteiger partial charge on any atom is 0.338 e. The molecule has 2 aliphatic heterocycles. The Bertz CT molecular complexity index is 965. The molecule has 4 amide bonds. The molecule has 1 aromatic carbocycles. The number of likely N-dealkylation sites (N-methyl/N-ethyl adjacent to an activating group) is 1. The molecule has 2 N–H and O–H groups in total. The average molecular weight is 488 g/mol. The van der Waals surface area contributed by atoms with Gasteiger partial charge in [-0.15, -0.1) is 0 Å². The highest BCUT2D eigenvalue weighted by Gasteiger charge is 2.40. The first-order chi connectivity index (χ1) is 16.9. The number of para-hydroxylation sites is 1. The second kappa shape index (κ2) is 11.9. The highest BCUT2D eigenvalue weighted by atomic mass is 16.5. The van der Waals surface area contributed by atoms with E-state index in [4.69, 9.17) is 9.47 Å². The minimum absolute atomic E-state index is 0.0144. The van der Waals surface area contributed by atoms with Crippen LogP contribution in [0.5, 0.6) is 5.75 Å². The highest BCUT2D eigenvalue weighted by Crippen LogP contribution is 2.36. The zero-order valence-corrected chi connectivity index (χ0v) is 21.3. The van der Waals surface area contributed by atoms with Gasteiger partial charge in [0.25, 0.3) is 0 Å². The Morgan fingerprint density at radius 3 is 2.54 bits per heavy atom. The van der Waals surface area contributed by atoms with Crippen molar-refractivity contribution >= 4 is 18.0 Å². The first-order valence-electron chi connectivity index (χ1n) is 12.2. The predicted octanol–water partition coefficient (Wildman–Crippen LogP) is 2.33. The number of esters is 1. The van der Waals surface area contributed by atoms with Crippen molar-refractivity contribution in [3.8, 4) is 5.75 Å². The van der Waals surface area contributed by atoms with Crippen molar-refractivity contribution in [1.82, 2.24) is 25.3 Å². The number of methoxy groups -OCH3 is 1. The molecule has 2 heterocycles. The zero-order valence-electron chi connectivity index (χ0n) is 21.3. The van der Waals surface area contributed by atoms with Crippen LogP contribution in [0.15, 0.2) is 35.5 Å². The summed E-state index contributed by atoms with van der Waals surface area (Å²) in [6, 6.07) is 6.27. The number of amides is 4. The van der Waals surface area contributed by atoms with Crippen LogP contribution in [-0.2, 0) is 9.53 Å². The molecule has 192 valence electrons. The van der Waals surface area contributed by atoms with Crippen LogP contribution in [0.1, 0.15) is 39.3 Å². The molecular formula is C25H37N5O5. The Hall–Kier alpha value is -3.27. The molecule has 2 aliphatic rings. The van der Waals surface area contributed by atoms with Gasteiger partial charge in [0.15, 0.2) is 0 Å². The molecule has 0 spiro atoms. The van der Waals surface area contributed by atoms with Crippen molar-refractivity contribution < 1.29 is 23.9 Å². The van der Waals surface area contributed by atoms with Crippen LogP contribution in [-0.4, -0.2) is 91.8 Å². The Balaban J connectivity index is 2.00. The van der Waals surface area contributed by atoms with Crippen molar-refractivity contribution in [2.75, 3.05) is 53.0 Å². The molecule has 35 heavy (non-hydrogen) atoms. The maximum absolute atomic E-state index is 13.3. The van der Waals surface area contributed by atoms with E-state index in [0.29, 0.717) is 61.9 Å². The average Bonchev–Trinajstić information content (AvgIpc) is 2.84. The van der Waals surface area contributed by atoms with Gasteiger partial charge in [0, 0.05) is 56.6 Å². The summed E-state index contributed by atoms with van der Waals surface area (Å²) in [5.41, 5.74) is 1.70. The summed E-state index contributed by atoms with van der Waals surface area (Å²) in [6.45, 7) is 10.9. The summed E-state index contributed by atoms with van der Waals surface area (Å²) >= 11 is 0. The van der Waals surface area contributed by atoms with Gasteiger partial charge in [0.1, 0.15) is 5.75 Å². The summed E-state index contributed by atoms with van der Waals surface area (Å²) < 4.78 is 11.0. The van der Waals surface area contributed by atoms with Gasteiger partial charge in [0.05, 0.1) is 25.3 Å². The number of hydrogen-bond acceptors (Lipinski definition) is 6. The van der Waals surface area contributed by atoms with Gasteiger partial charge >= 0.3 is 18.0 Å². The molecule has 2 atom stereocenters. The normalized spacial score (nSPS) is 21.0. The van der Waals surface area contributed by atoms with E-state index in [-0.39, 0.29) is 24.7 Å². The Labute approximate surface area is 207 Å². The molecule has 1 fully saturated rings. The Morgan fingerprint density at radius 1 is 1.17 bits per heavy atom. The standard InChI is InChI=1S/C25H37N5O5/c1-6-26-24(32)30-14-13-28(15-17(30)4)16-19-21(23(31)35-8-3)22(27-25(33)29(19)7-2)18-11-9-10-12-20(18)34-5/h9-12,17,22H,6-8,13-16H2,1-5H3,(H,26,32)(H,27,33). The lowest BCUT2D eigenvalue weighted by molar-refractivity contribution is -0.139. The van der Waals surface area contributed by atoms with Gasteiger partial charge in [-0.1, -0.05) is 18.2 Å². The molecule has 2 unspecified atom stereocenters. The van der Waals surface area contributed by atoms with Crippen LogP contribution in [0.4, 0.5) is 9.59 Å². The van der Waals surface area contributed by atoms with E-state index in [2.05, 4.69) is 15.5 Å². The molecular weight excluding hydrogens is 450 g/mol. The van der Waals surface area contributed by atoms with E-state index in [1.54, 1.807) is 25.0 Å². The Morgan fingerprint density at radius 2 is 1.91 bits per heavy atom. The smallest absolute Gasteiger partial charge is 0.338 e. The van der Waals surface area contributed by atoms with E-state index >= 15 is 0 Å². The van der Waals surface area contributed by atoms with Gasteiger partial charge in [0.2, 0.25) is 0 Å². The number of nitrogens with one attached hydrogen (secondary N) is 2. The number of hydrogen-bond donors (Lipinski definition) is 2. The van der Waals surface area contributed by atoms with Crippen molar-refractivity contribution in [2.24, 2.45) is 0 Å². The highest BCUT2D eigenvalue weighted by molar-refractivity contribution is 5.95. The number of urea groups is 2. The van der Waals surface area contributed by atoms with Crippen LogP contribution in [0.2, 0.25) is 0 Å². The van der Waals surface area contributed by atoms with Crippen LogP contribution in [0, 0.1) is 0 Å². The molecule has 0 aromatic heterocycles. The van der Waals surface area contributed by atoms with Crippen LogP contribution >= 0.6 is 0 Å². The molecule has 3 rings (SSSR count). The minimum Gasteiger partial charge on any atom is -0.496 e. The number of carbonyl (C=O) groups is 3. The summed E-state index contributed by atoms with van der Waals surface area (Å²) in [5.74, 6) is 0.110. The lowest BCUT2D eigenvalue weighted by Crippen LogP contribution is -2.58. The van der Waals surface area contributed by atoms with Crippen molar-refractivity contribution in [3.05, 3.63) is 41.1 Å². The molecule has 0 bridgehead atoms. The van der Waals surface area contributed by atoms with Gasteiger partial charge < -0.3 is 25.0 Å². The number of piperazine rings is 1. The van der Waals surface area contributed by atoms with Crippen LogP contribution in [0.3, 0.4) is 0 Å². The number of nitrogens with zero attached hydrogens (tertiary/aromatic N) is 3. The van der Waals surface area contributed by atoms with Gasteiger partial charge in [-0.2, -0.15) is 0 Å². The molecule has 1 saturated heterocycles. The quantitative estimate of drug-likeness (QED) is 0.546. The molecule has 1 aromatic rings. The van der Waals surface area contributed by atoms with E-state index in [1.165, 1.54) is 0 Å². The molecule has 0 radical (unpaired) electrons. The summed E-state index contributed by atoms with van der Waals surface area (Å²) in [4.78, 5) is 44.4. The second-order valence-corrected chi connectivity index (χ2v) is 8.56. The number of carbonyl (C=O) groups excluding carboxylic acids is 3. The predicted molar refractivity (Wildman–Crippen MR) is 132 cm³/mol. The first-order valence-corrected chi connectivity index (χ1v) is 12.2. The third-order valence-electron chi connectivity index (χ3n) is 6.37. The maximum atomic E-state index is 13.3. The van der Waals surface area contributed by atoms with Gasteiger partial charge in [-0.05, 0) is 33.8 Å². The van der Waals surface area contributed by atoms with Crippen LogP contribution < -0.4 is 15.4 Å². The fraction of sp³-hybridized carbons (Fsp3) is 0.560. The fourth-order valence-corrected chi connectivity index (χ4v) is 4.74. The van der Waals surface area contributed by atoms with Crippen molar-refractivity contribution in [1.29, 1.82) is 0 Å². The molecule has 10 nitrogen and oxygen atoms in total. The first kappa shape index (κ1) is 26.3. The topological polar surface area (TPSA) is 103 Å². The van der Waals surface area contributed by atoms with Gasteiger partial charge in [-0.25, -0.2) is 14.4 Å². The van der Waals surface area contributed by atoms with Crippen molar-refractivity contribution in [2.45, 2.75) is 39.8 Å². The summed E-state index contributed by atoms with van der Waals surface area (Å²) in [7, 11) is 1.56. The van der Waals surface area contributed by atoms with E-state index in [9.17, 15) is 14.4 Å². The van der Waals surface area contributed by atoms with E-state index in [1.807, 2.05) is 43.9 Å². The summed E-state index contributed by atoms with van der Waals surface area (Å²) in [6.07, 6.45) is 0. The Kier molecular flexibility index (Phi) is 8.97. The largest absolute Gasteiger partial charge is 0.496 e. The third kappa shape index (κ3) is 5.70. The second-order valence-electron chi connectivity index (χ2n) is 8.56. The number of rotatable bonds is 8.